The molecule has 0 radical (unpaired) electrons. The zero-order chi connectivity index (χ0) is 13.1. The predicted octanol–water partition coefficient (Wildman–Crippen LogP) is 3.11. The summed E-state index contributed by atoms with van der Waals surface area (Å²) in [5.74, 6) is 0. The topological polar surface area (TPSA) is 43.7 Å². The first-order valence-electron chi connectivity index (χ1n) is 7.21. The smallest absolute Gasteiger partial charge is 0.106 e. The monoisotopic (exact) mass is 245 g/mol. The van der Waals surface area contributed by atoms with E-state index in [2.05, 4.69) is 6.92 Å². The van der Waals surface area contributed by atoms with Crippen LogP contribution in [0.2, 0.25) is 0 Å². The van der Waals surface area contributed by atoms with Crippen LogP contribution in [0.4, 0.5) is 0 Å². The SMILES string of the molecule is CCCCCCCCCCN(C(C)O)C(C)O. The number of unbranched alkanes of at least 4 members (excludes halogenated alkanes) is 7. The molecule has 0 fully saturated rings. The Hall–Kier alpha value is -0.120. The van der Waals surface area contributed by atoms with Crippen LogP contribution in [-0.2, 0) is 0 Å². The van der Waals surface area contributed by atoms with Gasteiger partial charge in [-0.15, -0.1) is 0 Å². The van der Waals surface area contributed by atoms with Gasteiger partial charge in [-0.2, -0.15) is 0 Å². The van der Waals surface area contributed by atoms with Gasteiger partial charge >= 0.3 is 0 Å². The molecule has 0 aliphatic rings. The third-order valence-corrected chi connectivity index (χ3v) is 3.23. The highest BCUT2D eigenvalue weighted by Crippen LogP contribution is 2.10. The Morgan fingerprint density at radius 2 is 1.18 bits per heavy atom. The minimum absolute atomic E-state index is 0.556. The lowest BCUT2D eigenvalue weighted by atomic mass is 10.1. The van der Waals surface area contributed by atoms with Crippen molar-refractivity contribution in [2.75, 3.05) is 6.54 Å². The summed E-state index contributed by atoms with van der Waals surface area (Å²) in [6.45, 7) is 6.43. The van der Waals surface area contributed by atoms with Crippen LogP contribution in [0.3, 0.4) is 0 Å². The molecule has 0 aliphatic carbocycles. The van der Waals surface area contributed by atoms with Crippen molar-refractivity contribution in [2.24, 2.45) is 0 Å². The lowest BCUT2D eigenvalue weighted by molar-refractivity contribution is -0.0844. The summed E-state index contributed by atoms with van der Waals surface area (Å²) >= 11 is 0. The molecule has 2 unspecified atom stereocenters. The largest absolute Gasteiger partial charge is 0.379 e. The molecule has 2 atom stereocenters. The third kappa shape index (κ3) is 9.57. The van der Waals surface area contributed by atoms with Crippen LogP contribution in [0.25, 0.3) is 0 Å². The maximum atomic E-state index is 9.45. The molecular formula is C14H31NO2. The molecule has 2 N–H and O–H groups in total. The van der Waals surface area contributed by atoms with Gasteiger partial charge in [0.15, 0.2) is 0 Å². The summed E-state index contributed by atoms with van der Waals surface area (Å²) < 4.78 is 0. The maximum Gasteiger partial charge on any atom is 0.106 e. The van der Waals surface area contributed by atoms with E-state index >= 15 is 0 Å². The van der Waals surface area contributed by atoms with Gasteiger partial charge < -0.3 is 10.2 Å². The van der Waals surface area contributed by atoms with Gasteiger partial charge in [0.05, 0.1) is 0 Å². The average molecular weight is 245 g/mol. The highest BCUT2D eigenvalue weighted by atomic mass is 16.3. The van der Waals surface area contributed by atoms with Crippen LogP contribution in [0.1, 0.15) is 72.1 Å². The molecule has 0 aromatic rings. The molecule has 0 spiro atoms. The average Bonchev–Trinajstić information content (AvgIpc) is 2.26. The Balaban J connectivity index is 3.37. The fourth-order valence-electron chi connectivity index (χ4n) is 2.11. The number of rotatable bonds is 11. The van der Waals surface area contributed by atoms with E-state index in [1.165, 1.54) is 44.9 Å². The molecule has 0 aromatic carbocycles. The van der Waals surface area contributed by atoms with Crippen molar-refractivity contribution in [1.82, 2.24) is 4.90 Å². The fraction of sp³-hybridized carbons (Fsp3) is 1.00. The van der Waals surface area contributed by atoms with Gasteiger partial charge in [0.2, 0.25) is 0 Å². The van der Waals surface area contributed by atoms with Gasteiger partial charge in [0.25, 0.3) is 0 Å². The van der Waals surface area contributed by atoms with E-state index in [0.29, 0.717) is 0 Å². The van der Waals surface area contributed by atoms with Crippen LogP contribution >= 0.6 is 0 Å². The molecule has 0 aromatic heterocycles. The van der Waals surface area contributed by atoms with Crippen molar-refractivity contribution in [1.29, 1.82) is 0 Å². The molecule has 3 nitrogen and oxygen atoms in total. The summed E-state index contributed by atoms with van der Waals surface area (Å²) in [6, 6.07) is 0. The van der Waals surface area contributed by atoms with Gasteiger partial charge in [0.1, 0.15) is 12.5 Å². The first-order chi connectivity index (χ1) is 8.09. The normalized spacial score (nSPS) is 15.2. The first kappa shape index (κ1) is 16.9. The Kier molecular flexibility index (Phi) is 10.9. The molecule has 0 saturated carbocycles. The Labute approximate surface area is 107 Å². The number of nitrogens with zero attached hydrogens (tertiary/aromatic N) is 1. The summed E-state index contributed by atoms with van der Waals surface area (Å²) in [4.78, 5) is 1.72. The number of aliphatic hydroxyl groups is 2. The van der Waals surface area contributed by atoms with Crippen molar-refractivity contribution in [2.45, 2.75) is 84.6 Å². The second-order valence-corrected chi connectivity index (χ2v) is 4.98. The zero-order valence-corrected chi connectivity index (χ0v) is 11.9. The van der Waals surface area contributed by atoms with Crippen LogP contribution in [0.15, 0.2) is 0 Å². The molecular weight excluding hydrogens is 214 g/mol. The van der Waals surface area contributed by atoms with E-state index in [1.807, 2.05) is 0 Å². The minimum atomic E-state index is -0.556. The number of hydrogen-bond acceptors (Lipinski definition) is 3. The van der Waals surface area contributed by atoms with Gasteiger partial charge in [0, 0.05) is 6.54 Å². The van der Waals surface area contributed by atoms with E-state index in [-0.39, 0.29) is 0 Å². The van der Waals surface area contributed by atoms with Crippen molar-refractivity contribution in [3.05, 3.63) is 0 Å². The summed E-state index contributed by atoms with van der Waals surface area (Å²) in [7, 11) is 0. The Bertz CT molecular complexity index is 152. The molecule has 0 rings (SSSR count). The van der Waals surface area contributed by atoms with Gasteiger partial charge in [-0.05, 0) is 20.3 Å². The van der Waals surface area contributed by atoms with Gasteiger partial charge in [-0.3, -0.25) is 4.90 Å². The Morgan fingerprint density at radius 3 is 1.59 bits per heavy atom. The fourth-order valence-corrected chi connectivity index (χ4v) is 2.11. The van der Waals surface area contributed by atoms with E-state index in [9.17, 15) is 10.2 Å². The van der Waals surface area contributed by atoms with Gasteiger partial charge in [-0.25, -0.2) is 0 Å². The van der Waals surface area contributed by atoms with Crippen molar-refractivity contribution in [3.63, 3.8) is 0 Å². The molecule has 0 bridgehead atoms. The summed E-state index contributed by atoms with van der Waals surface area (Å²) in [5.41, 5.74) is 0. The van der Waals surface area contributed by atoms with E-state index in [0.717, 1.165) is 13.0 Å². The second-order valence-electron chi connectivity index (χ2n) is 4.98. The van der Waals surface area contributed by atoms with E-state index < -0.39 is 12.5 Å². The Morgan fingerprint density at radius 1 is 0.765 bits per heavy atom. The van der Waals surface area contributed by atoms with Crippen molar-refractivity contribution in [3.8, 4) is 0 Å². The summed E-state index contributed by atoms with van der Waals surface area (Å²) in [5, 5.41) is 18.9. The molecule has 104 valence electrons. The van der Waals surface area contributed by atoms with Crippen molar-refractivity contribution < 1.29 is 10.2 Å². The first-order valence-corrected chi connectivity index (χ1v) is 7.21. The highest BCUT2D eigenvalue weighted by Gasteiger charge is 2.14. The maximum absolute atomic E-state index is 9.45. The number of aliphatic hydroxyl groups excluding tert-OH is 2. The number of hydrogen-bond donors (Lipinski definition) is 2. The van der Waals surface area contributed by atoms with Crippen LogP contribution in [0.5, 0.6) is 0 Å². The van der Waals surface area contributed by atoms with Crippen LogP contribution < -0.4 is 0 Å². The predicted molar refractivity (Wildman–Crippen MR) is 72.7 cm³/mol. The summed E-state index contributed by atoms with van der Waals surface area (Å²) in [6.07, 6.45) is 9.12. The molecule has 17 heavy (non-hydrogen) atoms. The van der Waals surface area contributed by atoms with Crippen molar-refractivity contribution >= 4 is 0 Å². The van der Waals surface area contributed by atoms with Gasteiger partial charge in [-0.1, -0.05) is 51.9 Å². The quantitative estimate of drug-likeness (QED) is 0.434. The molecule has 0 aliphatic heterocycles. The molecule has 0 heterocycles. The minimum Gasteiger partial charge on any atom is -0.379 e. The molecule has 0 saturated heterocycles. The standard InChI is InChI=1S/C14H31NO2/c1-4-5-6-7-8-9-10-11-12-15(13(2)16)14(3)17/h13-14,16-17H,4-12H2,1-3H3. The lowest BCUT2D eigenvalue weighted by Crippen LogP contribution is -2.40. The van der Waals surface area contributed by atoms with Crippen LogP contribution in [0, 0.1) is 0 Å². The van der Waals surface area contributed by atoms with Crippen LogP contribution in [-0.4, -0.2) is 34.1 Å². The van der Waals surface area contributed by atoms with E-state index in [4.69, 9.17) is 0 Å². The molecule has 3 heteroatoms. The second kappa shape index (κ2) is 11.0. The third-order valence-electron chi connectivity index (χ3n) is 3.23. The zero-order valence-electron chi connectivity index (χ0n) is 11.9. The highest BCUT2D eigenvalue weighted by molar-refractivity contribution is 4.59. The lowest BCUT2D eigenvalue weighted by Gasteiger charge is -2.27. The van der Waals surface area contributed by atoms with E-state index in [1.54, 1.807) is 18.7 Å². The molecule has 0 amide bonds.